The van der Waals surface area contributed by atoms with Crippen molar-refractivity contribution in [2.45, 2.75) is 25.7 Å². The Morgan fingerprint density at radius 1 is 0.909 bits per heavy atom. The number of aromatic nitrogens is 2. The van der Waals surface area contributed by atoms with Crippen LogP contribution in [0.5, 0.6) is 0 Å². The van der Waals surface area contributed by atoms with Crippen molar-refractivity contribution in [1.82, 2.24) is 15.3 Å². The molecule has 0 unspecified atom stereocenters. The van der Waals surface area contributed by atoms with Gasteiger partial charge in [-0.15, -0.1) is 0 Å². The zero-order chi connectivity index (χ0) is 22.5. The van der Waals surface area contributed by atoms with Gasteiger partial charge in [0.2, 0.25) is 5.95 Å². The highest BCUT2D eigenvalue weighted by atomic mass is 16.5. The van der Waals surface area contributed by atoms with Gasteiger partial charge in [-0.3, -0.25) is 4.79 Å². The number of nitrogens with zero attached hydrogens (tertiary/aromatic N) is 3. The van der Waals surface area contributed by atoms with Crippen LogP contribution in [0.25, 0.3) is 11.3 Å². The van der Waals surface area contributed by atoms with Crippen LogP contribution in [0.15, 0.2) is 54.7 Å². The number of rotatable bonds is 1. The Kier molecular flexibility index (Phi) is 6.48. The third-order valence-corrected chi connectivity index (χ3v) is 6.19. The van der Waals surface area contributed by atoms with Gasteiger partial charge in [0.15, 0.2) is 0 Å². The molecule has 2 aromatic carbocycles. The summed E-state index contributed by atoms with van der Waals surface area (Å²) >= 11 is 0. The van der Waals surface area contributed by atoms with E-state index >= 15 is 0 Å². The molecule has 3 aliphatic rings. The van der Waals surface area contributed by atoms with Crippen LogP contribution in [0, 0.1) is 0 Å². The number of ether oxygens (including phenoxy) is 1. The number of hydrogen-bond donors (Lipinski definition) is 2. The molecule has 6 rings (SSSR count). The Labute approximate surface area is 194 Å². The molecule has 170 valence electrons. The number of benzene rings is 2. The van der Waals surface area contributed by atoms with E-state index in [4.69, 9.17) is 9.72 Å². The van der Waals surface area contributed by atoms with Crippen molar-refractivity contribution in [1.29, 1.82) is 0 Å². The van der Waals surface area contributed by atoms with Crippen LogP contribution in [-0.2, 0) is 11.2 Å². The fourth-order valence-corrected chi connectivity index (χ4v) is 4.40. The zero-order valence-corrected chi connectivity index (χ0v) is 18.7. The molecule has 0 atom stereocenters. The summed E-state index contributed by atoms with van der Waals surface area (Å²) < 4.78 is 5.55. The summed E-state index contributed by atoms with van der Waals surface area (Å²) in [7, 11) is 0. The monoisotopic (exact) mass is 443 g/mol. The van der Waals surface area contributed by atoms with Crippen molar-refractivity contribution >= 4 is 23.2 Å². The molecule has 33 heavy (non-hydrogen) atoms. The summed E-state index contributed by atoms with van der Waals surface area (Å²) in [6.45, 7) is 4.04. The number of aryl methyl sites for hydroxylation is 1. The van der Waals surface area contributed by atoms with E-state index in [9.17, 15) is 4.79 Å². The minimum Gasteiger partial charge on any atom is -0.378 e. The first kappa shape index (κ1) is 21.4. The van der Waals surface area contributed by atoms with Gasteiger partial charge in [-0.1, -0.05) is 18.6 Å². The molecule has 0 radical (unpaired) electrons. The lowest BCUT2D eigenvalue weighted by Crippen LogP contribution is -2.36. The number of amides is 1. The van der Waals surface area contributed by atoms with Gasteiger partial charge in [-0.2, -0.15) is 0 Å². The second-order valence-electron chi connectivity index (χ2n) is 8.48. The van der Waals surface area contributed by atoms with Gasteiger partial charge < -0.3 is 20.3 Å². The summed E-state index contributed by atoms with van der Waals surface area (Å²) in [5, 5.41) is 6.43. The van der Waals surface area contributed by atoms with Gasteiger partial charge in [-0.05, 0) is 61.2 Å². The fourth-order valence-electron chi connectivity index (χ4n) is 4.40. The standard InChI is InChI=1S/C26H29N5O2/c32-25-20-7-5-19(6-8-20)23-11-13-28-26(30-23)29-22-9-10-24(31-14-16-33-17-15-31)21(18-22)4-2-1-3-12-27-25/h5-11,13,18H,1-4,12,14-17H2,(H,27,32)(H,28,29,30). The molecule has 0 saturated carbocycles. The Bertz CT molecular complexity index is 1110. The van der Waals surface area contributed by atoms with E-state index in [0.717, 1.165) is 68.9 Å². The molecule has 1 fully saturated rings. The first-order chi connectivity index (χ1) is 16.3. The maximum absolute atomic E-state index is 12.5. The predicted octanol–water partition coefficient (Wildman–Crippen LogP) is 4.18. The van der Waals surface area contributed by atoms with E-state index in [1.807, 2.05) is 30.3 Å². The second kappa shape index (κ2) is 10.0. The lowest BCUT2D eigenvalue weighted by Gasteiger charge is -2.31. The maximum atomic E-state index is 12.5. The molecule has 1 amide bonds. The lowest BCUT2D eigenvalue weighted by atomic mass is 10.0. The number of carbonyl (C=O) groups is 1. The molecule has 7 heteroatoms. The molecule has 6 bridgehead atoms. The smallest absolute Gasteiger partial charge is 0.251 e. The molecule has 0 spiro atoms. The van der Waals surface area contributed by atoms with Crippen LogP contribution in [0.1, 0.15) is 35.2 Å². The first-order valence-electron chi connectivity index (χ1n) is 11.7. The SMILES string of the molecule is O=C1NCCCCCc2cc(ccc2N2CCOCC2)Nc2nccc(n2)-c2ccc1cc2. The molecular formula is C26H29N5O2. The minimum absolute atomic E-state index is 0.0324. The van der Waals surface area contributed by atoms with Crippen LogP contribution in [0.2, 0.25) is 0 Å². The van der Waals surface area contributed by atoms with Crippen molar-refractivity contribution in [2.75, 3.05) is 43.1 Å². The van der Waals surface area contributed by atoms with Gasteiger partial charge in [0.25, 0.3) is 5.91 Å². The van der Waals surface area contributed by atoms with Crippen molar-refractivity contribution in [3.8, 4) is 11.3 Å². The average Bonchev–Trinajstić information content (AvgIpc) is 2.86. The van der Waals surface area contributed by atoms with Gasteiger partial charge in [0.05, 0.1) is 18.9 Å². The fraction of sp³-hybridized carbons (Fsp3) is 0.346. The topological polar surface area (TPSA) is 79.4 Å². The zero-order valence-electron chi connectivity index (χ0n) is 18.7. The molecule has 3 aliphatic heterocycles. The Morgan fingerprint density at radius 3 is 2.58 bits per heavy atom. The number of carbonyl (C=O) groups excluding carboxylic acids is 1. The molecule has 7 nitrogen and oxygen atoms in total. The van der Waals surface area contributed by atoms with Gasteiger partial charge >= 0.3 is 0 Å². The molecule has 1 saturated heterocycles. The molecule has 0 aliphatic carbocycles. The van der Waals surface area contributed by atoms with Crippen molar-refractivity contribution < 1.29 is 9.53 Å². The third kappa shape index (κ3) is 5.14. The lowest BCUT2D eigenvalue weighted by molar-refractivity contribution is 0.0953. The Balaban J connectivity index is 1.46. The summed E-state index contributed by atoms with van der Waals surface area (Å²) in [5.41, 5.74) is 6.01. The van der Waals surface area contributed by atoms with Crippen LogP contribution < -0.4 is 15.5 Å². The second-order valence-corrected chi connectivity index (χ2v) is 8.48. The van der Waals surface area contributed by atoms with Crippen molar-refractivity contribution in [3.63, 3.8) is 0 Å². The highest BCUT2D eigenvalue weighted by Gasteiger charge is 2.16. The molecule has 3 aromatic rings. The number of fused-ring (bicyclic) bond motifs is 8. The normalized spacial score (nSPS) is 17.0. The molecule has 4 heterocycles. The first-order valence-corrected chi connectivity index (χ1v) is 11.7. The van der Waals surface area contributed by atoms with Crippen LogP contribution in [0.3, 0.4) is 0 Å². The van der Waals surface area contributed by atoms with E-state index in [2.05, 4.69) is 38.7 Å². The number of hydrogen-bond acceptors (Lipinski definition) is 6. The van der Waals surface area contributed by atoms with Gasteiger partial charge in [-0.25, -0.2) is 9.97 Å². The van der Waals surface area contributed by atoms with E-state index < -0.39 is 0 Å². The number of morpholine rings is 1. The highest BCUT2D eigenvalue weighted by molar-refractivity contribution is 5.94. The maximum Gasteiger partial charge on any atom is 0.251 e. The number of nitrogens with one attached hydrogen (secondary N) is 2. The van der Waals surface area contributed by atoms with E-state index in [-0.39, 0.29) is 5.91 Å². The van der Waals surface area contributed by atoms with Crippen LogP contribution in [0.4, 0.5) is 17.3 Å². The molecule has 2 N–H and O–H groups in total. The predicted molar refractivity (Wildman–Crippen MR) is 130 cm³/mol. The highest BCUT2D eigenvalue weighted by Crippen LogP contribution is 2.28. The van der Waals surface area contributed by atoms with E-state index in [1.165, 1.54) is 11.3 Å². The summed E-state index contributed by atoms with van der Waals surface area (Å²) in [6.07, 6.45) is 5.83. The van der Waals surface area contributed by atoms with Crippen LogP contribution in [-0.4, -0.2) is 48.7 Å². The van der Waals surface area contributed by atoms with Crippen LogP contribution >= 0.6 is 0 Å². The molecular weight excluding hydrogens is 414 g/mol. The Morgan fingerprint density at radius 2 is 1.73 bits per heavy atom. The average molecular weight is 444 g/mol. The summed E-state index contributed by atoms with van der Waals surface area (Å²) in [5.74, 6) is 0.524. The summed E-state index contributed by atoms with van der Waals surface area (Å²) in [4.78, 5) is 24.0. The van der Waals surface area contributed by atoms with Crippen molar-refractivity contribution in [2.24, 2.45) is 0 Å². The number of anilines is 3. The van der Waals surface area contributed by atoms with Gasteiger partial charge in [0, 0.05) is 48.3 Å². The largest absolute Gasteiger partial charge is 0.378 e. The van der Waals surface area contributed by atoms with Gasteiger partial charge in [0.1, 0.15) is 0 Å². The third-order valence-electron chi connectivity index (χ3n) is 6.19. The molecule has 1 aromatic heterocycles. The quantitative estimate of drug-likeness (QED) is 0.587. The Hall–Kier alpha value is -3.45. The summed E-state index contributed by atoms with van der Waals surface area (Å²) in [6, 6.07) is 16.0. The van der Waals surface area contributed by atoms with Crippen molar-refractivity contribution in [3.05, 3.63) is 65.9 Å². The van der Waals surface area contributed by atoms with E-state index in [1.54, 1.807) is 6.20 Å². The van der Waals surface area contributed by atoms with E-state index in [0.29, 0.717) is 18.1 Å². The minimum atomic E-state index is -0.0324.